The van der Waals surface area contributed by atoms with Crippen LogP contribution < -0.4 is 0 Å². The van der Waals surface area contributed by atoms with E-state index in [-0.39, 0.29) is 0 Å². The van der Waals surface area contributed by atoms with Crippen LogP contribution in [0.4, 0.5) is 0 Å². The van der Waals surface area contributed by atoms with Crippen LogP contribution in [0.25, 0.3) is 0 Å². The summed E-state index contributed by atoms with van der Waals surface area (Å²) in [5.74, 6) is 1.90. The zero-order valence-electron chi connectivity index (χ0n) is 9.21. The topological polar surface area (TPSA) is 3.24 Å². The fourth-order valence-corrected chi connectivity index (χ4v) is 2.94. The Balaban J connectivity index is 1.95. The van der Waals surface area contributed by atoms with Gasteiger partial charge in [0.15, 0.2) is 0 Å². The van der Waals surface area contributed by atoms with Crippen LogP contribution in [0.1, 0.15) is 26.2 Å². The van der Waals surface area contributed by atoms with Gasteiger partial charge in [0.1, 0.15) is 0 Å². The van der Waals surface area contributed by atoms with E-state index >= 15 is 0 Å². The second-order valence-corrected chi connectivity index (χ2v) is 4.67. The van der Waals surface area contributed by atoms with Gasteiger partial charge in [0.25, 0.3) is 0 Å². The van der Waals surface area contributed by atoms with Crippen LogP contribution in [0.15, 0.2) is 24.3 Å². The fourth-order valence-electron chi connectivity index (χ4n) is 2.94. The van der Waals surface area contributed by atoms with Gasteiger partial charge in [-0.2, -0.15) is 0 Å². The highest BCUT2D eigenvalue weighted by Crippen LogP contribution is 2.35. The molecule has 3 aliphatic rings. The predicted molar refractivity (Wildman–Crippen MR) is 61.2 cm³/mol. The summed E-state index contributed by atoms with van der Waals surface area (Å²) in [5, 5.41) is 0. The minimum absolute atomic E-state index is 0.904. The lowest BCUT2D eigenvalue weighted by atomic mass is 9.76. The molecule has 3 aliphatic heterocycles. The lowest BCUT2D eigenvalue weighted by Gasteiger charge is -2.45. The Morgan fingerprint density at radius 1 is 1.43 bits per heavy atom. The molecule has 0 saturated carbocycles. The van der Waals surface area contributed by atoms with Crippen LogP contribution >= 0.6 is 0 Å². The van der Waals surface area contributed by atoms with Crippen LogP contribution in [0.5, 0.6) is 0 Å². The smallest absolute Gasteiger partial charge is 0.00155 e. The number of rotatable bonds is 3. The summed E-state index contributed by atoms with van der Waals surface area (Å²) in [4.78, 5) is 2.63. The van der Waals surface area contributed by atoms with Gasteiger partial charge in [0.2, 0.25) is 0 Å². The molecule has 0 aromatic carbocycles. The van der Waals surface area contributed by atoms with E-state index in [1.165, 1.54) is 44.5 Å². The van der Waals surface area contributed by atoms with E-state index in [4.69, 9.17) is 0 Å². The van der Waals surface area contributed by atoms with E-state index in [0.717, 1.165) is 11.8 Å². The first kappa shape index (κ1) is 9.97. The van der Waals surface area contributed by atoms with Crippen molar-refractivity contribution in [3.63, 3.8) is 0 Å². The van der Waals surface area contributed by atoms with Crippen molar-refractivity contribution in [2.45, 2.75) is 26.2 Å². The van der Waals surface area contributed by atoms with Gasteiger partial charge in [-0.1, -0.05) is 24.3 Å². The van der Waals surface area contributed by atoms with Crippen molar-refractivity contribution in [2.75, 3.05) is 19.6 Å². The molecule has 0 aromatic rings. The van der Waals surface area contributed by atoms with Crippen LogP contribution in [0, 0.1) is 11.8 Å². The summed E-state index contributed by atoms with van der Waals surface area (Å²) in [6, 6.07) is 0. The average Bonchev–Trinajstić information content (AvgIpc) is 2.27. The number of nitrogens with zero attached hydrogens (tertiary/aromatic N) is 1. The highest BCUT2D eigenvalue weighted by molar-refractivity contribution is 5.16. The Morgan fingerprint density at radius 2 is 2.14 bits per heavy atom. The monoisotopic (exact) mass is 191 g/mol. The molecular formula is C13H21N. The Hall–Kier alpha value is -0.560. The lowest BCUT2D eigenvalue weighted by Crippen LogP contribution is -2.47. The van der Waals surface area contributed by atoms with E-state index in [0.29, 0.717) is 0 Å². The van der Waals surface area contributed by atoms with Crippen LogP contribution in [0.2, 0.25) is 0 Å². The quantitative estimate of drug-likeness (QED) is 0.620. The molecule has 1 nitrogen and oxygen atoms in total. The van der Waals surface area contributed by atoms with Crippen molar-refractivity contribution in [3.05, 3.63) is 24.3 Å². The van der Waals surface area contributed by atoms with E-state index in [1.54, 1.807) is 0 Å². The largest absolute Gasteiger partial charge is 0.303 e. The molecule has 78 valence electrons. The summed E-state index contributed by atoms with van der Waals surface area (Å²) in [6.45, 7) is 10.0. The first-order chi connectivity index (χ1) is 6.83. The SMILES string of the molecule is C=CC(=CC)CC1CN2CCC1CC2. The van der Waals surface area contributed by atoms with Gasteiger partial charge in [0.05, 0.1) is 0 Å². The maximum Gasteiger partial charge on any atom is 0.00155 e. The van der Waals surface area contributed by atoms with Crippen molar-refractivity contribution >= 4 is 0 Å². The summed E-state index contributed by atoms with van der Waals surface area (Å²) >= 11 is 0. The van der Waals surface area contributed by atoms with E-state index in [9.17, 15) is 0 Å². The average molecular weight is 191 g/mol. The Morgan fingerprint density at radius 3 is 2.57 bits per heavy atom. The maximum absolute atomic E-state index is 3.88. The third-order valence-electron chi connectivity index (χ3n) is 3.92. The zero-order valence-corrected chi connectivity index (χ0v) is 9.21. The summed E-state index contributed by atoms with van der Waals surface area (Å²) in [6.07, 6.45) is 8.35. The summed E-state index contributed by atoms with van der Waals surface area (Å²) < 4.78 is 0. The molecule has 1 heteroatoms. The van der Waals surface area contributed by atoms with Gasteiger partial charge in [-0.3, -0.25) is 0 Å². The van der Waals surface area contributed by atoms with Gasteiger partial charge < -0.3 is 4.90 Å². The molecule has 0 radical (unpaired) electrons. The zero-order chi connectivity index (χ0) is 9.97. The fraction of sp³-hybridized carbons (Fsp3) is 0.692. The third kappa shape index (κ3) is 1.93. The molecule has 0 spiro atoms. The van der Waals surface area contributed by atoms with Crippen LogP contribution in [-0.2, 0) is 0 Å². The van der Waals surface area contributed by atoms with Gasteiger partial charge in [-0.05, 0) is 51.1 Å². The van der Waals surface area contributed by atoms with Gasteiger partial charge in [-0.15, -0.1) is 0 Å². The Labute approximate surface area is 87.5 Å². The first-order valence-corrected chi connectivity index (χ1v) is 5.83. The van der Waals surface area contributed by atoms with Crippen molar-refractivity contribution in [3.8, 4) is 0 Å². The molecule has 1 unspecified atom stereocenters. The standard InChI is InChI=1S/C13H21N/c1-3-11(4-2)9-13-10-14-7-5-12(13)6-8-14/h3-4,12-13H,1,5-10H2,2H3. The number of hydrogen-bond donors (Lipinski definition) is 0. The minimum Gasteiger partial charge on any atom is -0.303 e. The first-order valence-electron chi connectivity index (χ1n) is 5.83. The molecule has 0 N–H and O–H groups in total. The molecule has 2 bridgehead atoms. The van der Waals surface area contributed by atoms with Crippen molar-refractivity contribution < 1.29 is 0 Å². The number of allylic oxidation sites excluding steroid dienone is 3. The van der Waals surface area contributed by atoms with E-state index in [2.05, 4.69) is 24.5 Å². The molecule has 3 fully saturated rings. The molecule has 0 amide bonds. The van der Waals surface area contributed by atoms with Crippen molar-refractivity contribution in [2.24, 2.45) is 11.8 Å². The second-order valence-electron chi connectivity index (χ2n) is 4.67. The minimum atomic E-state index is 0.904. The highest BCUT2D eigenvalue weighted by atomic mass is 15.1. The summed E-state index contributed by atoms with van der Waals surface area (Å²) in [7, 11) is 0. The highest BCUT2D eigenvalue weighted by Gasteiger charge is 2.33. The van der Waals surface area contributed by atoms with Crippen LogP contribution in [-0.4, -0.2) is 24.5 Å². The maximum atomic E-state index is 3.88. The molecule has 3 rings (SSSR count). The van der Waals surface area contributed by atoms with E-state index in [1.807, 2.05) is 6.08 Å². The van der Waals surface area contributed by atoms with Gasteiger partial charge >= 0.3 is 0 Å². The molecule has 14 heavy (non-hydrogen) atoms. The van der Waals surface area contributed by atoms with Crippen molar-refractivity contribution in [1.82, 2.24) is 4.90 Å². The van der Waals surface area contributed by atoms with Crippen LogP contribution in [0.3, 0.4) is 0 Å². The van der Waals surface area contributed by atoms with E-state index < -0.39 is 0 Å². The van der Waals surface area contributed by atoms with Crippen molar-refractivity contribution in [1.29, 1.82) is 0 Å². The van der Waals surface area contributed by atoms with Gasteiger partial charge in [-0.25, -0.2) is 0 Å². The molecule has 3 heterocycles. The number of hydrogen-bond acceptors (Lipinski definition) is 1. The molecule has 0 aromatic heterocycles. The lowest BCUT2D eigenvalue weighted by molar-refractivity contribution is 0.0516. The molecule has 0 aliphatic carbocycles. The third-order valence-corrected chi connectivity index (χ3v) is 3.92. The predicted octanol–water partition coefficient (Wildman–Crippen LogP) is 2.85. The van der Waals surface area contributed by atoms with Gasteiger partial charge in [0, 0.05) is 6.54 Å². The Bertz CT molecular complexity index is 234. The second kappa shape index (κ2) is 4.31. The molecular weight excluding hydrogens is 170 g/mol. The number of piperidine rings is 3. The number of fused-ring (bicyclic) bond motifs is 3. The molecule has 3 saturated heterocycles. The molecule has 1 atom stereocenters. The summed E-state index contributed by atoms with van der Waals surface area (Å²) in [5.41, 5.74) is 1.43. The Kier molecular flexibility index (Phi) is 3.07. The normalized spacial score (nSPS) is 37.2.